The van der Waals surface area contributed by atoms with Gasteiger partial charge in [-0.05, 0) is 126 Å². The summed E-state index contributed by atoms with van der Waals surface area (Å²) in [6, 6.07) is 17.2. The van der Waals surface area contributed by atoms with Crippen molar-refractivity contribution in [2.24, 2.45) is 46.3 Å². The lowest BCUT2D eigenvalue weighted by Crippen LogP contribution is -2.59. The minimum Gasteiger partial charge on any atom is -0.481 e. The van der Waals surface area contributed by atoms with E-state index in [2.05, 4.69) is 80.1 Å². The number of carboxylic acids is 1. The quantitative estimate of drug-likeness (QED) is 0.165. The first-order valence-electron chi connectivity index (χ1n) is 18.3. The number of carbonyl (C=O) groups is 2. The van der Waals surface area contributed by atoms with Crippen molar-refractivity contribution >= 4 is 11.9 Å². The van der Waals surface area contributed by atoms with Gasteiger partial charge in [-0.1, -0.05) is 69.3 Å². The van der Waals surface area contributed by atoms with Crippen LogP contribution in [0.1, 0.15) is 102 Å². The molecule has 7 rings (SSSR count). The van der Waals surface area contributed by atoms with Gasteiger partial charge in [0.15, 0.2) is 0 Å². The fourth-order valence-corrected chi connectivity index (χ4v) is 11.8. The van der Waals surface area contributed by atoms with Crippen LogP contribution < -0.4 is 10.8 Å². The Morgan fingerprint density at radius 3 is 2.34 bits per heavy atom. The van der Waals surface area contributed by atoms with Gasteiger partial charge in [0, 0.05) is 18.4 Å². The Kier molecular flexibility index (Phi) is 9.03. The fourth-order valence-electron chi connectivity index (χ4n) is 11.8. The van der Waals surface area contributed by atoms with Gasteiger partial charge >= 0.3 is 5.97 Å². The average Bonchev–Trinajstić information content (AvgIpc) is 3.58. The van der Waals surface area contributed by atoms with Crippen molar-refractivity contribution in [1.82, 2.24) is 10.8 Å². The summed E-state index contributed by atoms with van der Waals surface area (Å²) < 4.78 is 0. The van der Waals surface area contributed by atoms with Crippen LogP contribution >= 0.6 is 0 Å². The number of hydroxylamine groups is 1. The predicted molar refractivity (Wildman–Crippen MR) is 182 cm³/mol. The molecule has 7 heteroatoms. The number of carbonyl (C=O) groups excluding carboxylic acids is 1. The van der Waals surface area contributed by atoms with E-state index in [1.165, 1.54) is 35.1 Å². The molecule has 7 nitrogen and oxygen atoms in total. The van der Waals surface area contributed by atoms with E-state index in [9.17, 15) is 19.8 Å². The van der Waals surface area contributed by atoms with E-state index in [1.54, 1.807) is 0 Å². The first-order valence-corrected chi connectivity index (χ1v) is 18.3. The van der Waals surface area contributed by atoms with Crippen molar-refractivity contribution in [3.05, 3.63) is 59.7 Å². The predicted octanol–water partition coefficient (Wildman–Crippen LogP) is 6.94. The van der Waals surface area contributed by atoms with Gasteiger partial charge in [-0.2, -0.15) is 5.48 Å². The maximum Gasteiger partial charge on any atom is 0.303 e. The van der Waals surface area contributed by atoms with Crippen LogP contribution in [0.15, 0.2) is 48.5 Å². The summed E-state index contributed by atoms with van der Waals surface area (Å²) in [4.78, 5) is 30.2. The third kappa shape index (κ3) is 5.74. The Hall–Kier alpha value is -2.74. The second kappa shape index (κ2) is 12.9. The number of hydrogen-bond acceptors (Lipinski definition) is 5. The van der Waals surface area contributed by atoms with Gasteiger partial charge in [0.1, 0.15) is 0 Å². The molecule has 0 aromatic heterocycles. The molecule has 2 aromatic carbocycles. The van der Waals surface area contributed by atoms with Crippen LogP contribution in [0.2, 0.25) is 0 Å². The highest BCUT2D eigenvalue weighted by atomic mass is 16.6. The fraction of sp³-hybridized carbons (Fsp3) is 0.650. The molecule has 0 spiro atoms. The molecule has 5 aliphatic carbocycles. The number of aliphatic hydroxyl groups excluding tert-OH is 1. The number of fused-ring (bicyclic) bond motifs is 8. The third-order valence-electron chi connectivity index (χ3n) is 14.3. The van der Waals surface area contributed by atoms with Crippen LogP contribution in [0.25, 0.3) is 11.1 Å². The van der Waals surface area contributed by atoms with E-state index in [4.69, 9.17) is 4.84 Å². The summed E-state index contributed by atoms with van der Waals surface area (Å²) in [6.45, 7) is 7.64. The zero-order valence-corrected chi connectivity index (χ0v) is 28.4. The number of carboxylic acid groups (broad SMARTS) is 1. The monoisotopic (exact) mass is 642 g/mol. The van der Waals surface area contributed by atoms with Crippen molar-refractivity contribution in [1.29, 1.82) is 0 Å². The Morgan fingerprint density at radius 2 is 1.64 bits per heavy atom. The minimum atomic E-state index is -0.722. The summed E-state index contributed by atoms with van der Waals surface area (Å²) in [5, 5.41) is 24.4. The molecule has 0 heterocycles. The van der Waals surface area contributed by atoms with Gasteiger partial charge in [-0.15, -0.1) is 0 Å². The van der Waals surface area contributed by atoms with Gasteiger partial charge in [0.05, 0.1) is 19.3 Å². The zero-order chi connectivity index (χ0) is 32.9. The summed E-state index contributed by atoms with van der Waals surface area (Å²) in [5.41, 5.74) is 8.09. The minimum absolute atomic E-state index is 0.0163. The molecule has 4 N–H and O–H groups in total. The molecular weight excluding hydrogens is 588 g/mol. The smallest absolute Gasteiger partial charge is 0.303 e. The van der Waals surface area contributed by atoms with Crippen LogP contribution in [0.4, 0.5) is 0 Å². The molecule has 2 aromatic rings. The highest BCUT2D eigenvalue weighted by Crippen LogP contribution is 2.68. The number of aliphatic hydroxyl groups is 1. The van der Waals surface area contributed by atoms with Gasteiger partial charge in [0.25, 0.3) is 0 Å². The summed E-state index contributed by atoms with van der Waals surface area (Å²) in [6.07, 6.45) is 9.17. The molecule has 4 saturated carbocycles. The molecule has 5 aliphatic rings. The van der Waals surface area contributed by atoms with Gasteiger partial charge in [-0.25, -0.2) is 0 Å². The lowest BCUT2D eigenvalue weighted by molar-refractivity contribution is -0.170. The lowest BCUT2D eigenvalue weighted by Gasteiger charge is -2.62. The first kappa shape index (κ1) is 32.8. The van der Waals surface area contributed by atoms with Crippen LogP contribution in [-0.2, 0) is 14.4 Å². The maximum atomic E-state index is 13.0. The Bertz CT molecular complexity index is 1430. The number of nitrogens with one attached hydrogen (secondary N) is 2. The highest BCUT2D eigenvalue weighted by molar-refractivity contribution is 5.79. The number of hydrogen-bond donors (Lipinski definition) is 4. The number of benzene rings is 2. The Morgan fingerprint density at radius 1 is 0.936 bits per heavy atom. The standard InChI is InChI=1S/C40H54N2O5/c1-24(12-17-38(45)46)33-15-16-34-31-14-13-25-20-26(18-19-39(25,2)35(31)21-36(43)40(33,34)3)42-37(44)22-41-47-23-32-29-10-6-4-8-27(29)28-9-5-7-11-30(28)32/h4-11,24-26,31-36,41,43H,12-23H2,1-3H3,(H,42,44)(H,45,46)/t24-,25-,26+,31+,33-,34+,35+,36?,39+,40-/m1/s1. The number of rotatable bonds is 10. The molecule has 0 saturated heterocycles. The van der Waals surface area contributed by atoms with Gasteiger partial charge in [0.2, 0.25) is 5.91 Å². The third-order valence-corrected chi connectivity index (χ3v) is 14.3. The summed E-state index contributed by atoms with van der Waals surface area (Å²) in [7, 11) is 0. The Balaban J connectivity index is 0.913. The van der Waals surface area contributed by atoms with Crippen LogP contribution in [0, 0.1) is 46.3 Å². The number of aliphatic carboxylic acids is 1. The van der Waals surface area contributed by atoms with Crippen molar-refractivity contribution in [2.45, 2.75) is 103 Å². The van der Waals surface area contributed by atoms with E-state index in [-0.39, 0.29) is 47.8 Å². The zero-order valence-electron chi connectivity index (χ0n) is 28.4. The van der Waals surface area contributed by atoms with E-state index in [0.717, 1.165) is 38.5 Å². The molecule has 0 bridgehead atoms. The highest BCUT2D eigenvalue weighted by Gasteiger charge is 2.63. The van der Waals surface area contributed by atoms with Gasteiger partial charge < -0.3 is 20.4 Å². The largest absolute Gasteiger partial charge is 0.481 e. The molecule has 0 radical (unpaired) electrons. The molecule has 4 fully saturated rings. The maximum absolute atomic E-state index is 13.0. The van der Waals surface area contributed by atoms with E-state index in [1.807, 2.05) is 0 Å². The molecule has 47 heavy (non-hydrogen) atoms. The summed E-state index contributed by atoms with van der Waals surface area (Å²) >= 11 is 0. The van der Waals surface area contributed by atoms with Crippen molar-refractivity contribution in [2.75, 3.05) is 13.2 Å². The van der Waals surface area contributed by atoms with Crippen LogP contribution in [0.5, 0.6) is 0 Å². The van der Waals surface area contributed by atoms with Crippen molar-refractivity contribution in [3.63, 3.8) is 0 Å². The summed E-state index contributed by atoms with van der Waals surface area (Å²) in [5.74, 6) is 2.33. The second-order valence-electron chi connectivity index (χ2n) is 16.3. The molecule has 10 atom stereocenters. The van der Waals surface area contributed by atoms with Crippen molar-refractivity contribution in [3.8, 4) is 11.1 Å². The molecule has 1 amide bonds. The van der Waals surface area contributed by atoms with Crippen LogP contribution in [-0.4, -0.2) is 47.4 Å². The first-order chi connectivity index (χ1) is 22.6. The molecular formula is C40H54N2O5. The normalized spacial score (nSPS) is 36.4. The topological polar surface area (TPSA) is 108 Å². The molecule has 0 aliphatic heterocycles. The van der Waals surface area contributed by atoms with Gasteiger partial charge in [-0.3, -0.25) is 9.59 Å². The Labute approximate surface area is 280 Å². The second-order valence-corrected chi connectivity index (χ2v) is 16.3. The molecule has 1 unspecified atom stereocenters. The lowest BCUT2D eigenvalue weighted by atomic mass is 9.43. The molecule has 254 valence electrons. The van der Waals surface area contributed by atoms with Crippen molar-refractivity contribution < 1.29 is 24.6 Å². The van der Waals surface area contributed by atoms with Crippen LogP contribution in [0.3, 0.4) is 0 Å². The van der Waals surface area contributed by atoms with E-state index >= 15 is 0 Å². The van der Waals surface area contributed by atoms with E-state index in [0.29, 0.717) is 48.5 Å². The average molecular weight is 643 g/mol. The van der Waals surface area contributed by atoms with E-state index < -0.39 is 5.97 Å². The SMILES string of the molecule is C[C@H](CCC(=O)O)[C@H]1CC[C@H]2[C@@H]3CC[C@@H]4C[C@@H](NC(=O)CNOCC5c6ccccc6-c6ccccc65)CC[C@]4(C)[C@H]3CC(O)[C@]12C. The number of amides is 1.